The van der Waals surface area contributed by atoms with Crippen molar-refractivity contribution in [3.63, 3.8) is 0 Å². The molecule has 1 rings (SSSR count). The number of hydrogen-bond donors (Lipinski definition) is 1. The Balaban J connectivity index is 2.72. The van der Waals surface area contributed by atoms with E-state index in [9.17, 15) is 9.59 Å². The molecule has 4 heteroatoms. The van der Waals surface area contributed by atoms with Crippen LogP contribution in [0.3, 0.4) is 0 Å². The highest BCUT2D eigenvalue weighted by molar-refractivity contribution is 5.77. The second-order valence-corrected chi connectivity index (χ2v) is 5.54. The fraction of sp³-hybridized carbons (Fsp3) is 0.500. The zero-order valence-corrected chi connectivity index (χ0v) is 12.4. The van der Waals surface area contributed by atoms with Crippen LogP contribution in [0.4, 0.5) is 0 Å². The van der Waals surface area contributed by atoms with Crippen LogP contribution < -0.4 is 0 Å². The Kier molecular flexibility index (Phi) is 6.22. The van der Waals surface area contributed by atoms with Crippen LogP contribution >= 0.6 is 0 Å². The number of carboxylic acids is 1. The second kappa shape index (κ2) is 7.68. The summed E-state index contributed by atoms with van der Waals surface area (Å²) >= 11 is 0. The molecule has 0 unspecified atom stereocenters. The number of aliphatic carboxylic acids is 1. The van der Waals surface area contributed by atoms with E-state index in [4.69, 9.17) is 5.11 Å². The molecule has 0 aliphatic carbocycles. The number of carbonyl (C=O) groups excluding carboxylic acids is 1. The SMILES string of the molecule is Cc1ccc(CN(CCC(=O)O)C(=O)CC(C)C)cc1. The molecule has 0 aliphatic heterocycles. The van der Waals surface area contributed by atoms with Gasteiger partial charge in [0.05, 0.1) is 6.42 Å². The lowest BCUT2D eigenvalue weighted by atomic mass is 10.1. The first kappa shape index (κ1) is 16.2. The van der Waals surface area contributed by atoms with E-state index in [-0.39, 0.29) is 24.8 Å². The highest BCUT2D eigenvalue weighted by atomic mass is 16.4. The average molecular weight is 277 g/mol. The molecule has 4 nitrogen and oxygen atoms in total. The highest BCUT2D eigenvalue weighted by Crippen LogP contribution is 2.11. The van der Waals surface area contributed by atoms with Gasteiger partial charge in [-0.05, 0) is 18.4 Å². The molecule has 0 spiro atoms. The summed E-state index contributed by atoms with van der Waals surface area (Å²) in [5, 5.41) is 8.79. The minimum Gasteiger partial charge on any atom is -0.481 e. The lowest BCUT2D eigenvalue weighted by molar-refractivity contribution is -0.138. The van der Waals surface area contributed by atoms with Gasteiger partial charge < -0.3 is 10.0 Å². The van der Waals surface area contributed by atoms with E-state index in [0.29, 0.717) is 13.0 Å². The molecular weight excluding hydrogens is 254 g/mol. The molecule has 0 saturated heterocycles. The van der Waals surface area contributed by atoms with E-state index in [1.54, 1.807) is 4.90 Å². The molecule has 110 valence electrons. The van der Waals surface area contributed by atoms with Crippen molar-refractivity contribution in [2.24, 2.45) is 5.92 Å². The van der Waals surface area contributed by atoms with E-state index in [1.807, 2.05) is 45.0 Å². The van der Waals surface area contributed by atoms with Gasteiger partial charge in [-0.2, -0.15) is 0 Å². The van der Waals surface area contributed by atoms with Crippen molar-refractivity contribution in [2.75, 3.05) is 6.54 Å². The third-order valence-corrected chi connectivity index (χ3v) is 3.03. The topological polar surface area (TPSA) is 57.6 Å². The molecule has 20 heavy (non-hydrogen) atoms. The van der Waals surface area contributed by atoms with Gasteiger partial charge in [0, 0.05) is 19.5 Å². The Labute approximate surface area is 120 Å². The summed E-state index contributed by atoms with van der Waals surface area (Å²) in [4.78, 5) is 24.5. The predicted octanol–water partition coefficient (Wildman–Crippen LogP) is 2.84. The third-order valence-electron chi connectivity index (χ3n) is 3.03. The molecule has 1 aromatic rings. The monoisotopic (exact) mass is 277 g/mol. The normalized spacial score (nSPS) is 10.6. The molecule has 0 heterocycles. The number of hydrogen-bond acceptors (Lipinski definition) is 2. The fourth-order valence-corrected chi connectivity index (χ4v) is 1.91. The van der Waals surface area contributed by atoms with Crippen LogP contribution in [-0.2, 0) is 16.1 Å². The number of benzene rings is 1. The van der Waals surface area contributed by atoms with Crippen LogP contribution in [0.1, 0.15) is 37.8 Å². The Hall–Kier alpha value is -1.84. The number of carboxylic acid groups (broad SMARTS) is 1. The third kappa shape index (κ3) is 5.87. The first-order valence-electron chi connectivity index (χ1n) is 6.93. The molecule has 0 bridgehead atoms. The van der Waals surface area contributed by atoms with Crippen molar-refractivity contribution < 1.29 is 14.7 Å². The van der Waals surface area contributed by atoms with Crippen LogP contribution in [-0.4, -0.2) is 28.4 Å². The summed E-state index contributed by atoms with van der Waals surface area (Å²) in [6, 6.07) is 7.95. The molecule has 1 amide bonds. The average Bonchev–Trinajstić information content (AvgIpc) is 2.35. The zero-order chi connectivity index (χ0) is 15.1. The molecule has 0 fully saturated rings. The van der Waals surface area contributed by atoms with Gasteiger partial charge in [-0.3, -0.25) is 9.59 Å². The van der Waals surface area contributed by atoms with Crippen LogP contribution in [0.25, 0.3) is 0 Å². The molecule has 0 saturated carbocycles. The number of aryl methyl sites for hydroxylation is 1. The van der Waals surface area contributed by atoms with E-state index in [1.165, 1.54) is 5.56 Å². The summed E-state index contributed by atoms with van der Waals surface area (Å²) in [5.41, 5.74) is 2.19. The Morgan fingerprint density at radius 3 is 2.30 bits per heavy atom. The summed E-state index contributed by atoms with van der Waals surface area (Å²) in [6.45, 7) is 6.71. The minimum absolute atomic E-state index is 0.0156. The van der Waals surface area contributed by atoms with Gasteiger partial charge >= 0.3 is 5.97 Å². The molecule has 1 aromatic carbocycles. The van der Waals surface area contributed by atoms with E-state index in [0.717, 1.165) is 5.56 Å². The quantitative estimate of drug-likeness (QED) is 0.833. The summed E-state index contributed by atoms with van der Waals surface area (Å²) in [6.07, 6.45) is 0.432. The van der Waals surface area contributed by atoms with Gasteiger partial charge in [0.15, 0.2) is 0 Å². The number of rotatable bonds is 7. The van der Waals surface area contributed by atoms with Crippen molar-refractivity contribution >= 4 is 11.9 Å². The van der Waals surface area contributed by atoms with Gasteiger partial charge in [-0.1, -0.05) is 43.7 Å². The molecule has 0 aromatic heterocycles. The predicted molar refractivity (Wildman–Crippen MR) is 78.3 cm³/mol. The first-order valence-corrected chi connectivity index (χ1v) is 6.93. The van der Waals surface area contributed by atoms with E-state index < -0.39 is 5.97 Å². The van der Waals surface area contributed by atoms with E-state index in [2.05, 4.69) is 0 Å². The first-order chi connectivity index (χ1) is 9.38. The van der Waals surface area contributed by atoms with Crippen LogP contribution in [0.2, 0.25) is 0 Å². The van der Waals surface area contributed by atoms with Crippen molar-refractivity contribution in [1.82, 2.24) is 4.90 Å². The maximum absolute atomic E-state index is 12.2. The summed E-state index contributed by atoms with van der Waals surface area (Å²) in [5.74, 6) is -0.592. The van der Waals surface area contributed by atoms with Crippen molar-refractivity contribution in [3.05, 3.63) is 35.4 Å². The van der Waals surface area contributed by atoms with E-state index >= 15 is 0 Å². The molecular formula is C16H23NO3. The Morgan fingerprint density at radius 1 is 1.20 bits per heavy atom. The second-order valence-electron chi connectivity index (χ2n) is 5.54. The van der Waals surface area contributed by atoms with Gasteiger partial charge in [-0.25, -0.2) is 0 Å². The van der Waals surface area contributed by atoms with Crippen molar-refractivity contribution in [2.45, 2.75) is 40.2 Å². The Bertz CT molecular complexity index is 451. The Morgan fingerprint density at radius 2 is 1.80 bits per heavy atom. The van der Waals surface area contributed by atoms with Crippen molar-refractivity contribution in [3.8, 4) is 0 Å². The summed E-state index contributed by atoms with van der Waals surface area (Å²) in [7, 11) is 0. The molecule has 0 radical (unpaired) electrons. The molecule has 0 aliphatic rings. The van der Waals surface area contributed by atoms with Crippen LogP contribution in [0, 0.1) is 12.8 Å². The maximum Gasteiger partial charge on any atom is 0.305 e. The van der Waals surface area contributed by atoms with Gasteiger partial charge in [0.25, 0.3) is 0 Å². The fourth-order valence-electron chi connectivity index (χ4n) is 1.91. The lowest BCUT2D eigenvalue weighted by Crippen LogP contribution is -2.33. The highest BCUT2D eigenvalue weighted by Gasteiger charge is 2.16. The largest absolute Gasteiger partial charge is 0.481 e. The molecule has 0 atom stereocenters. The zero-order valence-electron chi connectivity index (χ0n) is 12.4. The number of carbonyl (C=O) groups is 2. The van der Waals surface area contributed by atoms with Gasteiger partial charge in [-0.15, -0.1) is 0 Å². The van der Waals surface area contributed by atoms with Crippen molar-refractivity contribution in [1.29, 1.82) is 0 Å². The number of nitrogens with zero attached hydrogens (tertiary/aromatic N) is 1. The standard InChI is InChI=1S/C16H23NO3/c1-12(2)10-15(18)17(9-8-16(19)20)11-14-6-4-13(3)5-7-14/h4-7,12H,8-11H2,1-3H3,(H,19,20). The van der Waals surface area contributed by atoms with Gasteiger partial charge in [0.1, 0.15) is 0 Å². The van der Waals surface area contributed by atoms with Crippen LogP contribution in [0.5, 0.6) is 0 Å². The minimum atomic E-state index is -0.878. The summed E-state index contributed by atoms with van der Waals surface area (Å²) < 4.78 is 0. The smallest absolute Gasteiger partial charge is 0.305 e. The van der Waals surface area contributed by atoms with Crippen LogP contribution in [0.15, 0.2) is 24.3 Å². The lowest BCUT2D eigenvalue weighted by Gasteiger charge is -2.23. The number of amides is 1. The van der Waals surface area contributed by atoms with Gasteiger partial charge in [0.2, 0.25) is 5.91 Å². The molecule has 1 N–H and O–H groups in total. The maximum atomic E-state index is 12.2.